The van der Waals surface area contributed by atoms with Crippen LogP contribution in [-0.2, 0) is 206 Å². The minimum absolute atomic E-state index is 0.0225. The highest BCUT2D eigenvalue weighted by Crippen LogP contribution is 2.40. The third-order valence-electron chi connectivity index (χ3n) is 23.5. The number of rotatable bonds is 94. The molecule has 6 aliphatic rings. The van der Waals surface area contributed by atoms with Crippen molar-refractivity contribution in [2.45, 2.75) is 195 Å². The summed E-state index contributed by atoms with van der Waals surface area (Å²) in [4.78, 5) is 73.6. The number of hydrogen-bond donors (Lipinski definition) is 13. The second kappa shape index (κ2) is 74.7. The van der Waals surface area contributed by atoms with Gasteiger partial charge in [0.1, 0.15) is 94.2 Å². The van der Waals surface area contributed by atoms with Gasteiger partial charge in [-0.25, -0.2) is 14.0 Å². The van der Waals surface area contributed by atoms with Crippen molar-refractivity contribution >= 4 is 57.9 Å². The Morgan fingerprint density at radius 2 is 0.620 bits per heavy atom. The number of aliphatic hydroxyl groups is 6. The molecule has 6 bridgehead atoms. The summed E-state index contributed by atoms with van der Waals surface area (Å²) in [6.45, 7) is 16.5. The summed E-state index contributed by atoms with van der Waals surface area (Å²) in [7, 11) is 1.33. The molecule has 12 N–H and O–H groups in total. The number of carbonyl (C=O) groups excluding carboxylic acids is 6. The first-order valence-corrected chi connectivity index (χ1v) is 52.9. The summed E-state index contributed by atoms with van der Waals surface area (Å²) in [5, 5.41) is 107. The van der Waals surface area contributed by atoms with Gasteiger partial charge >= 0.3 is 0 Å². The third-order valence-corrected chi connectivity index (χ3v) is 24.4. The number of amides is 6. The van der Waals surface area contributed by atoms with E-state index >= 15 is 0 Å². The first-order valence-electron chi connectivity index (χ1n) is 50.9. The highest BCUT2D eigenvalue weighted by atomic mass is 33.1. The predicted molar refractivity (Wildman–Crippen MR) is 521 cm³/mol. The first kappa shape index (κ1) is 127. The smallest absolute Gasteiger partial charge is 0.222 e. The summed E-state index contributed by atoms with van der Waals surface area (Å²) in [5.41, 5.74) is -3.78. The van der Waals surface area contributed by atoms with Crippen molar-refractivity contribution in [3.63, 3.8) is 0 Å². The summed E-state index contributed by atoms with van der Waals surface area (Å²) < 4.78 is 172. The van der Waals surface area contributed by atoms with Gasteiger partial charge in [0.25, 0.3) is 0 Å². The average Bonchev–Trinajstić information content (AvgIpc) is 1.61. The quantitative estimate of drug-likeness (QED) is 0.0142. The molecule has 6 amide bonds. The lowest BCUT2D eigenvalue weighted by Crippen LogP contribution is -2.66. The van der Waals surface area contributed by atoms with Gasteiger partial charge in [-0.1, -0.05) is 32.9 Å². The van der Waals surface area contributed by atoms with Crippen LogP contribution in [0, 0.1) is 0 Å². The molecule has 0 saturated carbocycles. The maximum atomic E-state index is 14.3. The van der Waals surface area contributed by atoms with Crippen LogP contribution in [0.5, 0.6) is 0 Å². The lowest BCUT2D eigenvalue weighted by molar-refractivity contribution is -0.238. The number of unbranched alkanes of at least 4 members (excludes halogenated alkanes) is 2. The van der Waals surface area contributed by atoms with Crippen molar-refractivity contribution in [3.05, 3.63) is 35.7 Å². The number of hydrogen-bond acceptors (Lipinski definition) is 49. The summed E-state index contributed by atoms with van der Waals surface area (Å²) in [5.74, 6) is -1.06. The van der Waals surface area contributed by atoms with Crippen LogP contribution in [0.15, 0.2) is 18.6 Å². The molecule has 0 radical (unpaired) electrons. The van der Waals surface area contributed by atoms with E-state index in [1.54, 1.807) is 32.6 Å². The van der Waals surface area contributed by atoms with Crippen LogP contribution in [0.2, 0.25) is 0 Å². The molecular formula is C92H159N15O41S2. The Hall–Kier alpha value is -6.46. The van der Waals surface area contributed by atoms with Crippen LogP contribution >= 0.6 is 22.5 Å². The molecule has 9 heterocycles. The van der Waals surface area contributed by atoms with E-state index in [-0.39, 0.29) is 255 Å². The minimum Gasteiger partial charge on any atom is -0.388 e. The first-order chi connectivity index (χ1) is 73.0. The molecular weight excluding hydrogens is 2040 g/mol. The monoisotopic (exact) mass is 2190 g/mol. The number of ether oxygens (including phenoxy) is 29. The van der Waals surface area contributed by atoms with Gasteiger partial charge < -0.3 is 200 Å². The number of fused-ring (bicyclic) bond motifs is 6. The van der Waals surface area contributed by atoms with Crippen molar-refractivity contribution in [3.8, 4) is 0 Å². The normalized spacial score (nSPS) is 23.3. The number of carbonyl (C=O) groups is 6. The van der Waals surface area contributed by atoms with Gasteiger partial charge in [0.05, 0.1) is 362 Å². The Morgan fingerprint density at radius 1 is 0.347 bits per heavy atom. The SMILES string of the molecule is CC(=O)N[C@H]1[C@H]2OC[C@](COCCOCCOCCOCCn3cc(COCC(COCc4cn(CCOCCOCCOCCOC[C@@]56CO[C@@H](O5)[C@H](NC(C)=O)[C@@H](O)[C@H]6O)nn4)(COCc4cn(CCOCCOCCOCCOC[C@@]56CO[C@@H](O5)[C@H](NC(C)=O)[C@@H](O)[C@H]6O)nn4)NC(=O)CCCCCNC(=O)CCOCCOCCOCCOCCOCCOCCOCCOCCNC(=O)CCSS)nn3)(O2)[C@H](O)[C@@H]1O. The molecule has 860 valence electrons. The van der Waals surface area contributed by atoms with Crippen LogP contribution in [0.4, 0.5) is 0 Å². The van der Waals surface area contributed by atoms with Crippen molar-refractivity contribution in [2.75, 3.05) is 323 Å². The van der Waals surface area contributed by atoms with Gasteiger partial charge in [-0.15, -0.1) is 27.0 Å². The lowest BCUT2D eigenvalue weighted by Gasteiger charge is -2.42. The molecule has 0 aliphatic carbocycles. The molecule has 6 aliphatic heterocycles. The van der Waals surface area contributed by atoms with Gasteiger partial charge in [0, 0.05) is 58.9 Å². The minimum atomic E-state index is -1.36. The molecule has 3 aromatic rings. The zero-order valence-electron chi connectivity index (χ0n) is 86.1. The molecule has 150 heavy (non-hydrogen) atoms. The largest absolute Gasteiger partial charge is 0.388 e. The van der Waals surface area contributed by atoms with Crippen LogP contribution in [0.25, 0.3) is 0 Å². The van der Waals surface area contributed by atoms with Gasteiger partial charge in [0.2, 0.25) is 35.4 Å². The second-order valence-electron chi connectivity index (χ2n) is 35.7. The molecule has 56 nitrogen and oxygen atoms in total. The maximum Gasteiger partial charge on any atom is 0.222 e. The predicted octanol–water partition coefficient (Wildman–Crippen LogP) is -6.20. The fourth-order valence-electron chi connectivity index (χ4n) is 15.8. The van der Waals surface area contributed by atoms with E-state index in [1.165, 1.54) is 31.6 Å². The number of aliphatic hydroxyl groups excluding tert-OH is 6. The molecule has 6 fully saturated rings. The Balaban J connectivity index is 0.676. The summed E-state index contributed by atoms with van der Waals surface area (Å²) in [6.07, 6.45) is -3.30. The van der Waals surface area contributed by atoms with E-state index in [0.717, 1.165) is 0 Å². The standard InChI is InChI=1S/C92H159N15O41S2/c1-68(108)95-77-80(114)83(117)90(65-143-86(77)146-90)62-137-49-46-134-43-40-127-27-22-122-17-12-105-53-71(99-102-105)56-140-59-89(60-141-57-72-54-106(103-100-72)13-18-123-23-28-128-41-44-135-47-50-138-63-91-66-144-87(147-91)78(96-69(2)109)81(115)84(91)118,61-142-58-73-55-107(104-101-73)14-19-124-24-29-129-42-45-136-48-51-139-64-92-67-145-88(148-92)79(97-70(3)110)82(116)85(92)119)98-76(113)7-5-4-6-10-93-74(111)8-15-120-20-25-125-30-32-130-34-36-132-38-39-133-37-35-131-33-31-126-26-21-121-16-11-94-75(112)9-52-150-149/h53-55,77-88,114-119,149H,4-52,56-67H2,1-3H3,(H,93,111)(H,94,112)(H,95,108)(H,96,109)(H,97,110)(H,98,113)/t77-,78-,79-,80-,81-,82-,83-,84-,85-,86+,87+,88+,90+,91+,92+/m1/s1. The van der Waals surface area contributed by atoms with Gasteiger partial charge in [-0.3, -0.25) is 28.8 Å². The molecule has 6 saturated heterocycles. The van der Waals surface area contributed by atoms with Crippen molar-refractivity contribution in [2.24, 2.45) is 0 Å². The van der Waals surface area contributed by atoms with Gasteiger partial charge in [-0.05, 0) is 12.8 Å². The second-order valence-corrected chi connectivity index (χ2v) is 37.1. The highest BCUT2D eigenvalue weighted by molar-refractivity contribution is 8.68. The highest BCUT2D eigenvalue weighted by Gasteiger charge is 2.62. The number of thiol groups is 1. The van der Waals surface area contributed by atoms with E-state index in [2.05, 4.69) is 74.5 Å². The van der Waals surface area contributed by atoms with Crippen molar-refractivity contribution in [1.29, 1.82) is 0 Å². The molecule has 0 unspecified atom stereocenters. The van der Waals surface area contributed by atoms with E-state index < -0.39 is 114 Å². The summed E-state index contributed by atoms with van der Waals surface area (Å²) in [6, 6.07) is -2.76. The van der Waals surface area contributed by atoms with Crippen molar-refractivity contribution in [1.82, 2.24) is 76.9 Å². The van der Waals surface area contributed by atoms with Crippen LogP contribution in [0.3, 0.4) is 0 Å². The lowest BCUT2D eigenvalue weighted by atomic mass is 9.88. The average molecular weight is 2200 g/mol. The Bertz CT molecular complexity index is 3820. The van der Waals surface area contributed by atoms with Crippen LogP contribution < -0.4 is 31.9 Å². The number of nitrogens with one attached hydrogen (secondary N) is 6. The molecule has 0 spiro atoms. The molecule has 15 atom stereocenters. The zero-order valence-corrected chi connectivity index (χ0v) is 87.9. The number of nitrogens with zero attached hydrogens (tertiary/aromatic N) is 9. The Morgan fingerprint density at radius 3 is 0.920 bits per heavy atom. The fourth-order valence-corrected chi connectivity index (χ4v) is 16.3. The van der Waals surface area contributed by atoms with E-state index in [4.69, 9.17) is 137 Å². The van der Waals surface area contributed by atoms with E-state index in [1.807, 2.05) is 0 Å². The van der Waals surface area contributed by atoms with E-state index in [9.17, 15) is 59.4 Å². The number of aromatic nitrogens is 9. The molecule has 58 heteroatoms. The van der Waals surface area contributed by atoms with E-state index in [0.29, 0.717) is 180 Å². The van der Waals surface area contributed by atoms with Gasteiger partial charge in [0.15, 0.2) is 18.9 Å². The van der Waals surface area contributed by atoms with Gasteiger partial charge in [-0.2, -0.15) is 0 Å². The molecule has 3 aromatic heterocycles. The maximum absolute atomic E-state index is 14.3. The third kappa shape index (κ3) is 48.7. The fraction of sp³-hybridized carbons (Fsp3) is 0.870. The Labute approximate surface area is 880 Å². The Kier molecular flexibility index (Phi) is 63.2. The van der Waals surface area contributed by atoms with Crippen LogP contribution in [-0.4, -0.2) is 530 Å². The summed E-state index contributed by atoms with van der Waals surface area (Å²) >= 11 is 4.03. The topological polar surface area (TPSA) is 656 Å². The van der Waals surface area contributed by atoms with Crippen LogP contribution in [0.1, 0.15) is 76.4 Å². The molecule has 0 aromatic carbocycles. The zero-order chi connectivity index (χ0) is 107. The molecule has 9 rings (SSSR count). The van der Waals surface area contributed by atoms with Crippen molar-refractivity contribution < 1.29 is 197 Å².